The van der Waals surface area contributed by atoms with Crippen molar-refractivity contribution in [2.75, 3.05) is 33.3 Å². The summed E-state index contributed by atoms with van der Waals surface area (Å²) in [6.07, 6.45) is 4.03. The van der Waals surface area contributed by atoms with E-state index in [0.717, 1.165) is 44.6 Å². The Morgan fingerprint density at radius 1 is 1.04 bits per heavy atom. The van der Waals surface area contributed by atoms with Crippen LogP contribution in [-0.2, 0) is 4.74 Å². The van der Waals surface area contributed by atoms with Gasteiger partial charge < -0.3 is 4.74 Å². The Hall–Kier alpha value is -0.330. The SMILES string of the molecule is COC1CCC(CCCCN2CCN(C(C)C)C[C@@H]2C(F)(F)F)CC1. The highest BCUT2D eigenvalue weighted by molar-refractivity contribution is 4.88. The Morgan fingerprint density at radius 3 is 2.28 bits per heavy atom. The molecule has 6 heteroatoms. The summed E-state index contributed by atoms with van der Waals surface area (Å²) in [6, 6.07) is -1.13. The minimum atomic E-state index is -4.13. The molecule has 2 aliphatic rings. The van der Waals surface area contributed by atoms with Gasteiger partial charge in [0.15, 0.2) is 0 Å². The molecule has 0 radical (unpaired) electrons. The zero-order valence-corrected chi connectivity index (χ0v) is 16.0. The van der Waals surface area contributed by atoms with E-state index in [1.165, 1.54) is 12.8 Å². The van der Waals surface area contributed by atoms with Crippen molar-refractivity contribution in [3.8, 4) is 0 Å². The van der Waals surface area contributed by atoms with Gasteiger partial charge in [0.05, 0.1) is 6.10 Å². The van der Waals surface area contributed by atoms with Crippen LogP contribution in [0.2, 0.25) is 0 Å². The fourth-order valence-corrected chi connectivity index (χ4v) is 4.29. The Labute approximate surface area is 150 Å². The first-order valence-electron chi connectivity index (χ1n) is 9.89. The fourth-order valence-electron chi connectivity index (χ4n) is 4.29. The minimum Gasteiger partial charge on any atom is -0.381 e. The van der Waals surface area contributed by atoms with Crippen molar-refractivity contribution in [1.82, 2.24) is 9.80 Å². The first-order chi connectivity index (χ1) is 11.8. The maximum Gasteiger partial charge on any atom is 0.405 e. The average molecular weight is 364 g/mol. The summed E-state index contributed by atoms with van der Waals surface area (Å²) in [6.45, 7) is 5.90. The van der Waals surface area contributed by atoms with Crippen LogP contribution in [0.15, 0.2) is 0 Å². The van der Waals surface area contributed by atoms with Crippen LogP contribution in [0.4, 0.5) is 13.2 Å². The summed E-state index contributed by atoms with van der Waals surface area (Å²) in [5.41, 5.74) is 0. The quantitative estimate of drug-likeness (QED) is 0.626. The largest absolute Gasteiger partial charge is 0.405 e. The molecule has 0 bridgehead atoms. The number of unbranched alkanes of at least 4 members (excludes halogenated alkanes) is 1. The Morgan fingerprint density at radius 2 is 1.72 bits per heavy atom. The smallest absolute Gasteiger partial charge is 0.381 e. The van der Waals surface area contributed by atoms with E-state index in [2.05, 4.69) is 0 Å². The highest BCUT2D eigenvalue weighted by Gasteiger charge is 2.46. The molecule has 0 spiro atoms. The summed E-state index contributed by atoms with van der Waals surface area (Å²) < 4.78 is 45.7. The van der Waals surface area contributed by atoms with Crippen LogP contribution in [0, 0.1) is 5.92 Å². The molecule has 1 saturated heterocycles. The minimum absolute atomic E-state index is 0.113. The summed E-state index contributed by atoms with van der Waals surface area (Å²) in [5, 5.41) is 0. The molecule has 0 unspecified atom stereocenters. The third-order valence-electron chi connectivity index (χ3n) is 6.07. The van der Waals surface area contributed by atoms with Crippen molar-refractivity contribution in [1.29, 1.82) is 0 Å². The van der Waals surface area contributed by atoms with E-state index in [4.69, 9.17) is 4.74 Å². The van der Waals surface area contributed by atoms with Gasteiger partial charge >= 0.3 is 6.18 Å². The van der Waals surface area contributed by atoms with Gasteiger partial charge in [-0.05, 0) is 58.4 Å². The van der Waals surface area contributed by atoms with Crippen molar-refractivity contribution < 1.29 is 17.9 Å². The van der Waals surface area contributed by atoms with Gasteiger partial charge in [0.2, 0.25) is 0 Å². The predicted molar refractivity (Wildman–Crippen MR) is 94.7 cm³/mol. The van der Waals surface area contributed by atoms with Gasteiger partial charge in [-0.3, -0.25) is 9.80 Å². The van der Waals surface area contributed by atoms with Crippen LogP contribution in [0.3, 0.4) is 0 Å². The Kier molecular flexibility index (Phi) is 8.02. The van der Waals surface area contributed by atoms with Crippen molar-refractivity contribution in [3.63, 3.8) is 0 Å². The number of hydrogen-bond donors (Lipinski definition) is 0. The van der Waals surface area contributed by atoms with E-state index in [0.29, 0.717) is 19.2 Å². The summed E-state index contributed by atoms with van der Waals surface area (Å²) in [4.78, 5) is 3.61. The lowest BCUT2D eigenvalue weighted by atomic mass is 9.84. The van der Waals surface area contributed by atoms with Gasteiger partial charge in [0.25, 0.3) is 0 Å². The highest BCUT2D eigenvalue weighted by Crippen LogP contribution is 2.31. The molecular formula is C19H35F3N2O. The topological polar surface area (TPSA) is 15.7 Å². The molecule has 1 heterocycles. The molecule has 25 heavy (non-hydrogen) atoms. The number of methoxy groups -OCH3 is 1. The zero-order chi connectivity index (χ0) is 18.4. The number of nitrogens with zero attached hydrogens (tertiary/aromatic N) is 2. The van der Waals surface area contributed by atoms with E-state index in [1.807, 2.05) is 18.7 Å². The maximum atomic E-state index is 13.4. The molecule has 0 aromatic rings. The number of alkyl halides is 3. The van der Waals surface area contributed by atoms with Crippen molar-refractivity contribution in [2.45, 2.75) is 83.2 Å². The molecule has 1 aliphatic heterocycles. The number of piperazine rings is 1. The van der Waals surface area contributed by atoms with Gasteiger partial charge in [-0.2, -0.15) is 13.2 Å². The zero-order valence-electron chi connectivity index (χ0n) is 16.0. The number of rotatable bonds is 7. The first-order valence-corrected chi connectivity index (χ1v) is 9.89. The monoisotopic (exact) mass is 364 g/mol. The van der Waals surface area contributed by atoms with Gasteiger partial charge in [-0.1, -0.05) is 12.8 Å². The molecule has 0 N–H and O–H groups in total. The van der Waals surface area contributed by atoms with Gasteiger partial charge in [-0.25, -0.2) is 0 Å². The van der Waals surface area contributed by atoms with Gasteiger partial charge in [-0.15, -0.1) is 0 Å². The third kappa shape index (κ3) is 6.40. The fraction of sp³-hybridized carbons (Fsp3) is 1.00. The summed E-state index contributed by atoms with van der Waals surface area (Å²) >= 11 is 0. The number of hydrogen-bond acceptors (Lipinski definition) is 3. The van der Waals surface area contributed by atoms with Crippen LogP contribution in [-0.4, -0.2) is 67.5 Å². The van der Waals surface area contributed by atoms with Crippen LogP contribution < -0.4 is 0 Å². The Bertz CT molecular complexity index is 381. The van der Waals surface area contributed by atoms with E-state index in [9.17, 15) is 13.2 Å². The van der Waals surface area contributed by atoms with E-state index >= 15 is 0 Å². The summed E-state index contributed by atoms with van der Waals surface area (Å²) in [7, 11) is 1.78. The Balaban J connectivity index is 1.72. The normalized spacial score (nSPS) is 30.1. The highest BCUT2D eigenvalue weighted by atomic mass is 19.4. The molecule has 0 amide bonds. The maximum absolute atomic E-state index is 13.4. The second-order valence-electron chi connectivity index (χ2n) is 8.06. The average Bonchev–Trinajstić information content (AvgIpc) is 2.58. The molecule has 0 aromatic heterocycles. The van der Waals surface area contributed by atoms with Crippen LogP contribution in [0.5, 0.6) is 0 Å². The lowest BCUT2D eigenvalue weighted by Crippen LogP contribution is -2.60. The van der Waals surface area contributed by atoms with Crippen LogP contribution >= 0.6 is 0 Å². The molecular weight excluding hydrogens is 329 g/mol. The van der Waals surface area contributed by atoms with Gasteiger partial charge in [0.1, 0.15) is 6.04 Å². The molecule has 1 aliphatic carbocycles. The van der Waals surface area contributed by atoms with Gasteiger partial charge in [0, 0.05) is 32.8 Å². The molecule has 2 rings (SSSR count). The molecule has 0 aromatic carbocycles. The second kappa shape index (κ2) is 9.56. The van der Waals surface area contributed by atoms with Crippen LogP contribution in [0.1, 0.15) is 58.8 Å². The van der Waals surface area contributed by atoms with E-state index in [-0.39, 0.29) is 12.6 Å². The molecule has 3 nitrogen and oxygen atoms in total. The predicted octanol–water partition coefficient (Wildman–Crippen LogP) is 4.32. The lowest BCUT2D eigenvalue weighted by Gasteiger charge is -2.43. The standard InChI is InChI=1S/C19H35F3N2O/c1-15(2)24-13-12-23(18(14-24)19(20,21)22)11-5-4-6-16-7-9-17(25-3)10-8-16/h15-18H,4-14H2,1-3H3/t16?,17?,18-/m1/s1. The summed E-state index contributed by atoms with van der Waals surface area (Å²) in [5.74, 6) is 0.739. The van der Waals surface area contributed by atoms with Crippen molar-refractivity contribution >= 4 is 0 Å². The van der Waals surface area contributed by atoms with Crippen molar-refractivity contribution in [2.24, 2.45) is 5.92 Å². The molecule has 2 fully saturated rings. The van der Waals surface area contributed by atoms with Crippen molar-refractivity contribution in [3.05, 3.63) is 0 Å². The number of ether oxygens (including phenoxy) is 1. The third-order valence-corrected chi connectivity index (χ3v) is 6.07. The lowest BCUT2D eigenvalue weighted by molar-refractivity contribution is -0.198. The molecule has 1 atom stereocenters. The second-order valence-corrected chi connectivity index (χ2v) is 8.06. The molecule has 1 saturated carbocycles. The van der Waals surface area contributed by atoms with E-state index < -0.39 is 12.2 Å². The van der Waals surface area contributed by atoms with E-state index in [1.54, 1.807) is 12.0 Å². The molecule has 148 valence electrons. The first kappa shape index (κ1) is 21.0. The van der Waals surface area contributed by atoms with Crippen LogP contribution in [0.25, 0.3) is 0 Å². The number of halogens is 3.